The van der Waals surface area contributed by atoms with Crippen molar-refractivity contribution in [3.63, 3.8) is 0 Å². The van der Waals surface area contributed by atoms with E-state index in [0.29, 0.717) is 11.0 Å². The molecule has 1 aliphatic carbocycles. The monoisotopic (exact) mass is 223 g/mol. The first kappa shape index (κ1) is 12.4. The molecule has 2 rings (SSSR count). The highest BCUT2D eigenvalue weighted by Crippen LogP contribution is 2.48. The van der Waals surface area contributed by atoms with Crippen molar-refractivity contribution < 1.29 is 0 Å². The van der Waals surface area contributed by atoms with Gasteiger partial charge in [-0.05, 0) is 57.8 Å². The molecule has 0 aromatic carbocycles. The van der Waals surface area contributed by atoms with Gasteiger partial charge in [-0.3, -0.25) is 4.90 Å². The van der Waals surface area contributed by atoms with E-state index in [-0.39, 0.29) is 0 Å². The molecule has 2 fully saturated rings. The number of nitrogens with zero attached hydrogens (tertiary/aromatic N) is 1. The third-order valence-corrected chi connectivity index (χ3v) is 4.66. The number of hydrogen-bond donors (Lipinski definition) is 0. The normalized spacial score (nSPS) is 36.8. The van der Waals surface area contributed by atoms with Crippen LogP contribution in [0.1, 0.15) is 67.2 Å². The molecule has 1 nitrogen and oxygen atoms in total. The van der Waals surface area contributed by atoms with Gasteiger partial charge >= 0.3 is 0 Å². The Morgan fingerprint density at radius 3 is 1.75 bits per heavy atom. The molecular formula is C15H29N. The van der Waals surface area contributed by atoms with Crippen LogP contribution in [-0.4, -0.2) is 22.5 Å². The molecule has 0 aromatic heterocycles. The fourth-order valence-electron chi connectivity index (χ4n) is 3.81. The maximum atomic E-state index is 2.85. The van der Waals surface area contributed by atoms with Crippen LogP contribution in [-0.2, 0) is 0 Å². The van der Waals surface area contributed by atoms with Gasteiger partial charge in [-0.2, -0.15) is 0 Å². The molecule has 0 amide bonds. The van der Waals surface area contributed by atoms with E-state index in [0.717, 1.165) is 18.0 Å². The molecule has 3 atom stereocenters. The molecular weight excluding hydrogens is 194 g/mol. The highest BCUT2D eigenvalue weighted by atomic mass is 15.3. The van der Waals surface area contributed by atoms with Crippen LogP contribution in [0.4, 0.5) is 0 Å². The summed E-state index contributed by atoms with van der Waals surface area (Å²) >= 11 is 0. The Hall–Kier alpha value is -0.0400. The van der Waals surface area contributed by atoms with Crippen molar-refractivity contribution >= 4 is 0 Å². The molecule has 1 saturated carbocycles. The number of fused-ring (bicyclic) bond motifs is 1. The van der Waals surface area contributed by atoms with Crippen LogP contribution in [0, 0.1) is 11.3 Å². The first-order valence-electron chi connectivity index (χ1n) is 7.00. The van der Waals surface area contributed by atoms with E-state index in [9.17, 15) is 0 Å². The second-order valence-corrected chi connectivity index (χ2v) is 7.94. The second-order valence-electron chi connectivity index (χ2n) is 7.94. The number of likely N-dealkylation sites (tertiary alicyclic amines) is 1. The van der Waals surface area contributed by atoms with Gasteiger partial charge in [0.25, 0.3) is 0 Å². The van der Waals surface area contributed by atoms with Gasteiger partial charge < -0.3 is 0 Å². The molecule has 1 saturated heterocycles. The van der Waals surface area contributed by atoms with Crippen molar-refractivity contribution in [3.05, 3.63) is 0 Å². The van der Waals surface area contributed by atoms with E-state index in [1.165, 1.54) is 25.7 Å². The summed E-state index contributed by atoms with van der Waals surface area (Å²) in [5.74, 6) is 1.01. The molecule has 0 radical (unpaired) electrons. The molecule has 1 heteroatoms. The molecule has 1 heterocycles. The Bertz CT molecular complexity index is 256. The standard InChI is InChI=1S/C15H29N/c1-14(2,3)13-10-8-11-7-9-12(11)16(13)15(4,5)6/h11-13H,7-10H2,1-6H3. The minimum atomic E-state index is 0.335. The zero-order valence-corrected chi connectivity index (χ0v) is 12.0. The lowest BCUT2D eigenvalue weighted by Gasteiger charge is -2.60. The summed E-state index contributed by atoms with van der Waals surface area (Å²) in [4.78, 5) is 2.85. The fraction of sp³-hybridized carbons (Fsp3) is 1.00. The van der Waals surface area contributed by atoms with Crippen LogP contribution in [0.2, 0.25) is 0 Å². The summed E-state index contributed by atoms with van der Waals surface area (Å²) < 4.78 is 0. The summed E-state index contributed by atoms with van der Waals surface area (Å²) in [6.07, 6.45) is 5.80. The summed E-state index contributed by atoms with van der Waals surface area (Å²) in [7, 11) is 0. The zero-order valence-electron chi connectivity index (χ0n) is 12.0. The van der Waals surface area contributed by atoms with Crippen LogP contribution in [0.25, 0.3) is 0 Å². The number of piperidine rings is 1. The summed E-state index contributed by atoms with van der Waals surface area (Å²) in [6.45, 7) is 14.4. The van der Waals surface area contributed by atoms with Crippen molar-refractivity contribution in [1.82, 2.24) is 4.90 Å². The molecule has 2 aliphatic rings. The van der Waals surface area contributed by atoms with Crippen LogP contribution >= 0.6 is 0 Å². The minimum Gasteiger partial charge on any atom is -0.292 e. The third-order valence-electron chi connectivity index (χ3n) is 4.66. The van der Waals surface area contributed by atoms with Gasteiger partial charge in [-0.1, -0.05) is 20.8 Å². The Kier molecular flexibility index (Phi) is 2.89. The average Bonchev–Trinajstić information content (AvgIpc) is 2.02. The van der Waals surface area contributed by atoms with E-state index in [1.54, 1.807) is 0 Å². The van der Waals surface area contributed by atoms with Crippen molar-refractivity contribution in [2.45, 2.75) is 84.8 Å². The quantitative estimate of drug-likeness (QED) is 0.598. The number of rotatable bonds is 0. The molecule has 1 aliphatic heterocycles. The largest absolute Gasteiger partial charge is 0.292 e. The summed E-state index contributed by atoms with van der Waals surface area (Å²) in [6, 6.07) is 1.66. The summed E-state index contributed by atoms with van der Waals surface area (Å²) in [5, 5.41) is 0. The Morgan fingerprint density at radius 2 is 1.38 bits per heavy atom. The maximum Gasteiger partial charge on any atom is 0.0152 e. The SMILES string of the molecule is CC(C)(C)C1CCC2CCC2N1C(C)(C)C. The van der Waals surface area contributed by atoms with Crippen molar-refractivity contribution in [3.8, 4) is 0 Å². The highest BCUT2D eigenvalue weighted by Gasteiger charge is 2.49. The third kappa shape index (κ3) is 2.03. The van der Waals surface area contributed by atoms with Crippen LogP contribution < -0.4 is 0 Å². The molecule has 0 aromatic rings. The lowest BCUT2D eigenvalue weighted by Crippen LogP contribution is -2.65. The minimum absolute atomic E-state index is 0.335. The lowest BCUT2D eigenvalue weighted by atomic mass is 9.66. The predicted octanol–water partition coefficient (Wildman–Crippen LogP) is 4.07. The smallest absolute Gasteiger partial charge is 0.0152 e. The predicted molar refractivity (Wildman–Crippen MR) is 70.6 cm³/mol. The molecule has 0 N–H and O–H groups in total. The maximum absolute atomic E-state index is 2.85. The van der Waals surface area contributed by atoms with Crippen molar-refractivity contribution in [2.24, 2.45) is 11.3 Å². The Labute approximate surface area is 102 Å². The summed E-state index contributed by atoms with van der Waals surface area (Å²) in [5.41, 5.74) is 0.759. The number of hydrogen-bond acceptors (Lipinski definition) is 1. The first-order chi connectivity index (χ1) is 7.21. The molecule has 16 heavy (non-hydrogen) atoms. The van der Waals surface area contributed by atoms with Crippen LogP contribution in [0.15, 0.2) is 0 Å². The second kappa shape index (κ2) is 3.73. The Balaban J connectivity index is 2.24. The van der Waals surface area contributed by atoms with E-state index in [4.69, 9.17) is 0 Å². The van der Waals surface area contributed by atoms with Gasteiger partial charge in [-0.25, -0.2) is 0 Å². The van der Waals surface area contributed by atoms with Gasteiger partial charge in [0.15, 0.2) is 0 Å². The highest BCUT2D eigenvalue weighted by molar-refractivity contribution is 5.03. The van der Waals surface area contributed by atoms with E-state index in [1.807, 2.05) is 0 Å². The van der Waals surface area contributed by atoms with Gasteiger partial charge in [0.2, 0.25) is 0 Å². The fourth-order valence-corrected chi connectivity index (χ4v) is 3.81. The van der Waals surface area contributed by atoms with Gasteiger partial charge in [0.05, 0.1) is 0 Å². The van der Waals surface area contributed by atoms with E-state index in [2.05, 4.69) is 46.4 Å². The Morgan fingerprint density at radius 1 is 0.812 bits per heavy atom. The van der Waals surface area contributed by atoms with Crippen LogP contribution in [0.3, 0.4) is 0 Å². The van der Waals surface area contributed by atoms with Gasteiger partial charge in [0.1, 0.15) is 0 Å². The van der Waals surface area contributed by atoms with Gasteiger partial charge in [-0.15, -0.1) is 0 Å². The van der Waals surface area contributed by atoms with Crippen LogP contribution in [0.5, 0.6) is 0 Å². The lowest BCUT2D eigenvalue weighted by molar-refractivity contribution is -0.105. The molecule has 3 unspecified atom stereocenters. The average molecular weight is 223 g/mol. The molecule has 0 bridgehead atoms. The molecule has 94 valence electrons. The van der Waals surface area contributed by atoms with E-state index >= 15 is 0 Å². The van der Waals surface area contributed by atoms with Crippen molar-refractivity contribution in [2.75, 3.05) is 0 Å². The van der Waals surface area contributed by atoms with Crippen molar-refractivity contribution in [1.29, 1.82) is 0 Å². The molecule has 0 spiro atoms. The van der Waals surface area contributed by atoms with E-state index < -0.39 is 0 Å². The van der Waals surface area contributed by atoms with Gasteiger partial charge in [0, 0.05) is 17.6 Å². The zero-order chi connectivity index (χ0) is 12.1. The first-order valence-corrected chi connectivity index (χ1v) is 7.00. The topological polar surface area (TPSA) is 3.24 Å².